The van der Waals surface area contributed by atoms with Crippen molar-refractivity contribution in [3.8, 4) is 0 Å². The standard InChI is InChI=1S/C18H28N2O2/c1-11(2)13-5-7-16(15(9-13)12(3)4)20-18(21)17-8-6-14(10-19)22-17/h5,7,9,11-12,14,17H,6,8,10,19H2,1-4H3,(H,20,21)/t14-,17+/m1/s1. The quantitative estimate of drug-likeness (QED) is 0.876. The Hall–Kier alpha value is -1.39. The van der Waals surface area contributed by atoms with E-state index in [-0.39, 0.29) is 18.1 Å². The van der Waals surface area contributed by atoms with E-state index in [0.717, 1.165) is 18.5 Å². The Morgan fingerprint density at radius 1 is 1.27 bits per heavy atom. The second kappa shape index (κ2) is 7.25. The Morgan fingerprint density at radius 2 is 2.00 bits per heavy atom. The van der Waals surface area contributed by atoms with E-state index in [1.807, 2.05) is 6.07 Å². The zero-order valence-corrected chi connectivity index (χ0v) is 14.1. The van der Waals surface area contributed by atoms with Gasteiger partial charge in [0.1, 0.15) is 6.10 Å². The lowest BCUT2D eigenvalue weighted by atomic mass is 9.94. The third-order valence-electron chi connectivity index (χ3n) is 4.29. The number of ether oxygens (including phenoxy) is 1. The van der Waals surface area contributed by atoms with Crippen molar-refractivity contribution in [2.24, 2.45) is 5.73 Å². The Kier molecular flexibility index (Phi) is 5.59. The van der Waals surface area contributed by atoms with Crippen LogP contribution in [0.4, 0.5) is 5.69 Å². The van der Waals surface area contributed by atoms with Gasteiger partial charge in [0.15, 0.2) is 0 Å². The summed E-state index contributed by atoms with van der Waals surface area (Å²) in [5.74, 6) is 0.774. The lowest BCUT2D eigenvalue weighted by Crippen LogP contribution is -2.30. The van der Waals surface area contributed by atoms with Gasteiger partial charge in [-0.3, -0.25) is 4.79 Å². The van der Waals surface area contributed by atoms with Crippen molar-refractivity contribution < 1.29 is 9.53 Å². The molecule has 2 rings (SSSR count). The minimum absolute atomic E-state index is 0.0173. The molecule has 2 atom stereocenters. The number of benzene rings is 1. The van der Waals surface area contributed by atoms with Crippen LogP contribution in [0.25, 0.3) is 0 Å². The van der Waals surface area contributed by atoms with E-state index in [4.69, 9.17) is 10.5 Å². The molecule has 122 valence electrons. The smallest absolute Gasteiger partial charge is 0.253 e. The van der Waals surface area contributed by atoms with Gasteiger partial charge in [-0.2, -0.15) is 0 Å². The van der Waals surface area contributed by atoms with E-state index in [1.54, 1.807) is 0 Å². The highest BCUT2D eigenvalue weighted by Gasteiger charge is 2.30. The van der Waals surface area contributed by atoms with Gasteiger partial charge in [-0.25, -0.2) is 0 Å². The monoisotopic (exact) mass is 304 g/mol. The number of anilines is 1. The minimum atomic E-state index is -0.377. The van der Waals surface area contributed by atoms with Crippen molar-refractivity contribution in [3.05, 3.63) is 29.3 Å². The topological polar surface area (TPSA) is 64.4 Å². The van der Waals surface area contributed by atoms with Gasteiger partial charge >= 0.3 is 0 Å². The van der Waals surface area contributed by atoms with Crippen LogP contribution >= 0.6 is 0 Å². The Morgan fingerprint density at radius 3 is 2.55 bits per heavy atom. The van der Waals surface area contributed by atoms with Crippen LogP contribution in [0, 0.1) is 0 Å². The first-order chi connectivity index (χ1) is 10.4. The Bertz CT molecular complexity index is 526. The molecule has 4 heteroatoms. The van der Waals surface area contributed by atoms with Gasteiger partial charge in [0.2, 0.25) is 0 Å². The molecule has 1 aliphatic heterocycles. The second-order valence-electron chi connectivity index (χ2n) is 6.71. The normalized spacial score (nSPS) is 21.6. The summed E-state index contributed by atoms with van der Waals surface area (Å²) in [6, 6.07) is 6.30. The average molecular weight is 304 g/mol. The fourth-order valence-electron chi connectivity index (χ4n) is 2.82. The molecular formula is C18H28N2O2. The molecule has 0 radical (unpaired) electrons. The van der Waals surface area contributed by atoms with Gasteiger partial charge < -0.3 is 15.8 Å². The zero-order chi connectivity index (χ0) is 16.3. The predicted molar refractivity (Wildman–Crippen MR) is 90.2 cm³/mol. The minimum Gasteiger partial charge on any atom is -0.364 e. The number of hydrogen-bond donors (Lipinski definition) is 2. The third-order valence-corrected chi connectivity index (χ3v) is 4.29. The first-order valence-corrected chi connectivity index (χ1v) is 8.22. The molecule has 22 heavy (non-hydrogen) atoms. The summed E-state index contributed by atoms with van der Waals surface area (Å²) in [5.41, 5.74) is 8.96. The van der Waals surface area contributed by atoms with Gasteiger partial charge in [0, 0.05) is 12.2 Å². The van der Waals surface area contributed by atoms with Crippen molar-refractivity contribution in [1.29, 1.82) is 0 Å². The van der Waals surface area contributed by atoms with E-state index >= 15 is 0 Å². The van der Waals surface area contributed by atoms with Crippen LogP contribution in [0.3, 0.4) is 0 Å². The van der Waals surface area contributed by atoms with Crippen LogP contribution in [-0.4, -0.2) is 24.7 Å². The summed E-state index contributed by atoms with van der Waals surface area (Å²) in [6.45, 7) is 9.12. The molecule has 0 aromatic heterocycles. The lowest BCUT2D eigenvalue weighted by Gasteiger charge is -2.19. The van der Waals surface area contributed by atoms with Gasteiger partial charge in [-0.15, -0.1) is 0 Å². The van der Waals surface area contributed by atoms with Crippen molar-refractivity contribution in [1.82, 2.24) is 0 Å². The van der Waals surface area contributed by atoms with E-state index in [2.05, 4.69) is 45.1 Å². The molecule has 0 aliphatic carbocycles. The summed E-state index contributed by atoms with van der Waals surface area (Å²) < 4.78 is 5.67. The van der Waals surface area contributed by atoms with Crippen molar-refractivity contribution in [2.45, 2.75) is 64.6 Å². The number of nitrogens with one attached hydrogen (secondary N) is 1. The third kappa shape index (κ3) is 3.87. The molecule has 0 bridgehead atoms. The lowest BCUT2D eigenvalue weighted by molar-refractivity contribution is -0.126. The molecule has 3 N–H and O–H groups in total. The maximum atomic E-state index is 12.4. The number of carbonyl (C=O) groups excluding carboxylic acids is 1. The highest BCUT2D eigenvalue weighted by Crippen LogP contribution is 2.29. The van der Waals surface area contributed by atoms with Crippen LogP contribution in [0.1, 0.15) is 63.5 Å². The fourth-order valence-corrected chi connectivity index (χ4v) is 2.82. The Balaban J connectivity index is 2.13. The number of rotatable bonds is 5. The number of carbonyl (C=O) groups is 1. The molecular weight excluding hydrogens is 276 g/mol. The van der Waals surface area contributed by atoms with Gasteiger partial charge in [-0.1, -0.05) is 39.8 Å². The number of amides is 1. The molecule has 1 aromatic carbocycles. The highest BCUT2D eigenvalue weighted by molar-refractivity contribution is 5.95. The summed E-state index contributed by atoms with van der Waals surface area (Å²) >= 11 is 0. The summed E-state index contributed by atoms with van der Waals surface area (Å²) in [7, 11) is 0. The molecule has 4 nitrogen and oxygen atoms in total. The summed E-state index contributed by atoms with van der Waals surface area (Å²) in [5, 5.41) is 3.04. The molecule has 1 saturated heterocycles. The molecule has 1 heterocycles. The van der Waals surface area contributed by atoms with Crippen LogP contribution < -0.4 is 11.1 Å². The maximum Gasteiger partial charge on any atom is 0.253 e. The van der Waals surface area contributed by atoms with Crippen LogP contribution in [-0.2, 0) is 9.53 Å². The molecule has 1 aliphatic rings. The zero-order valence-electron chi connectivity index (χ0n) is 14.1. The molecule has 1 amide bonds. The van der Waals surface area contributed by atoms with E-state index in [0.29, 0.717) is 18.4 Å². The average Bonchev–Trinajstić information content (AvgIpc) is 2.96. The Labute approximate surface area is 133 Å². The molecule has 0 unspecified atom stereocenters. The number of nitrogens with two attached hydrogens (primary N) is 1. The predicted octanol–water partition coefficient (Wildman–Crippen LogP) is 3.38. The largest absolute Gasteiger partial charge is 0.364 e. The first kappa shape index (κ1) is 17.0. The summed E-state index contributed by atoms with van der Waals surface area (Å²) in [4.78, 5) is 12.4. The van der Waals surface area contributed by atoms with Crippen molar-refractivity contribution in [2.75, 3.05) is 11.9 Å². The van der Waals surface area contributed by atoms with Crippen LogP contribution in [0.2, 0.25) is 0 Å². The summed E-state index contributed by atoms with van der Waals surface area (Å²) in [6.07, 6.45) is 1.24. The van der Waals surface area contributed by atoms with Crippen LogP contribution in [0.5, 0.6) is 0 Å². The van der Waals surface area contributed by atoms with E-state index < -0.39 is 0 Å². The molecule has 1 aromatic rings. The second-order valence-corrected chi connectivity index (χ2v) is 6.71. The molecule has 0 spiro atoms. The van der Waals surface area contributed by atoms with E-state index in [9.17, 15) is 4.79 Å². The molecule has 0 saturated carbocycles. The first-order valence-electron chi connectivity index (χ1n) is 8.22. The highest BCUT2D eigenvalue weighted by atomic mass is 16.5. The number of hydrogen-bond acceptors (Lipinski definition) is 3. The van der Waals surface area contributed by atoms with Crippen molar-refractivity contribution in [3.63, 3.8) is 0 Å². The van der Waals surface area contributed by atoms with Gasteiger partial charge in [0.05, 0.1) is 6.10 Å². The maximum absolute atomic E-state index is 12.4. The van der Waals surface area contributed by atoms with Gasteiger partial charge in [0.25, 0.3) is 5.91 Å². The molecule has 1 fully saturated rings. The van der Waals surface area contributed by atoms with Crippen LogP contribution in [0.15, 0.2) is 18.2 Å². The fraction of sp³-hybridized carbons (Fsp3) is 0.611. The van der Waals surface area contributed by atoms with E-state index in [1.165, 1.54) is 11.1 Å². The van der Waals surface area contributed by atoms with Gasteiger partial charge in [-0.05, 0) is 41.9 Å². The SMILES string of the molecule is CC(C)c1ccc(NC(=O)[C@@H]2CC[C@H](CN)O2)c(C(C)C)c1. The van der Waals surface area contributed by atoms with Crippen molar-refractivity contribution >= 4 is 11.6 Å².